The molecule has 1 N–H and O–H groups in total. The zero-order chi connectivity index (χ0) is 12.1. The summed E-state index contributed by atoms with van der Waals surface area (Å²) in [5, 5.41) is 3.46. The monoisotopic (exact) mass is 236 g/mol. The minimum absolute atomic E-state index is 0.144. The Morgan fingerprint density at radius 3 is 3.12 bits per heavy atom. The highest BCUT2D eigenvalue weighted by atomic mass is 19.1. The van der Waals surface area contributed by atoms with Crippen LogP contribution in [0.2, 0.25) is 0 Å². The molecule has 1 heterocycles. The van der Waals surface area contributed by atoms with E-state index in [2.05, 4.69) is 17.3 Å². The lowest BCUT2D eigenvalue weighted by molar-refractivity contribution is 0.222. The highest BCUT2D eigenvalue weighted by molar-refractivity contribution is 5.16. The lowest BCUT2D eigenvalue weighted by Crippen LogP contribution is -2.38. The maximum atomic E-state index is 13.1. The van der Waals surface area contributed by atoms with Crippen LogP contribution in [0.3, 0.4) is 0 Å². The fraction of sp³-hybridized carbons (Fsp3) is 0.571. The first-order valence-electron chi connectivity index (χ1n) is 6.41. The van der Waals surface area contributed by atoms with E-state index in [1.165, 1.54) is 25.3 Å². The summed E-state index contributed by atoms with van der Waals surface area (Å²) in [6.45, 7) is 3.00. The van der Waals surface area contributed by atoms with Crippen molar-refractivity contribution in [3.05, 3.63) is 35.6 Å². The maximum absolute atomic E-state index is 13.1. The lowest BCUT2D eigenvalue weighted by Gasteiger charge is -2.27. The highest BCUT2D eigenvalue weighted by Crippen LogP contribution is 2.13. The number of nitrogens with one attached hydrogen (secondary N) is 1. The first-order chi connectivity index (χ1) is 8.25. The van der Waals surface area contributed by atoms with E-state index >= 15 is 0 Å². The van der Waals surface area contributed by atoms with Gasteiger partial charge in [-0.3, -0.25) is 4.90 Å². The van der Waals surface area contributed by atoms with Crippen LogP contribution in [-0.2, 0) is 6.54 Å². The Kier molecular flexibility index (Phi) is 4.51. The largest absolute Gasteiger partial charge is 0.315 e. The van der Waals surface area contributed by atoms with Crippen LogP contribution >= 0.6 is 0 Å². The van der Waals surface area contributed by atoms with Crippen LogP contribution in [0.4, 0.5) is 4.39 Å². The molecule has 1 unspecified atom stereocenters. The molecular formula is C14H21FN2. The van der Waals surface area contributed by atoms with Crippen LogP contribution in [0.1, 0.15) is 24.8 Å². The fourth-order valence-corrected chi connectivity index (χ4v) is 2.43. The minimum atomic E-state index is -0.144. The average molecular weight is 236 g/mol. The van der Waals surface area contributed by atoms with E-state index in [0.29, 0.717) is 6.04 Å². The second-order valence-corrected chi connectivity index (χ2v) is 4.90. The molecule has 0 bridgehead atoms. The molecule has 1 aromatic rings. The number of rotatable bonds is 3. The van der Waals surface area contributed by atoms with Crippen LogP contribution in [0.15, 0.2) is 24.3 Å². The number of likely N-dealkylation sites (N-methyl/N-ethyl adjacent to an activating group) is 1. The Morgan fingerprint density at radius 1 is 1.41 bits per heavy atom. The summed E-state index contributed by atoms with van der Waals surface area (Å²) in [5.74, 6) is -0.144. The quantitative estimate of drug-likeness (QED) is 0.867. The van der Waals surface area contributed by atoms with E-state index in [1.54, 1.807) is 12.1 Å². The third kappa shape index (κ3) is 3.79. The van der Waals surface area contributed by atoms with Gasteiger partial charge >= 0.3 is 0 Å². The summed E-state index contributed by atoms with van der Waals surface area (Å²) in [7, 11) is 2.13. The van der Waals surface area contributed by atoms with Crippen molar-refractivity contribution in [2.75, 3.05) is 20.1 Å². The molecule has 2 rings (SSSR count). The topological polar surface area (TPSA) is 15.3 Å². The van der Waals surface area contributed by atoms with E-state index < -0.39 is 0 Å². The smallest absolute Gasteiger partial charge is 0.123 e. The van der Waals surface area contributed by atoms with Crippen LogP contribution < -0.4 is 5.32 Å². The molecule has 3 heteroatoms. The van der Waals surface area contributed by atoms with Crippen molar-refractivity contribution < 1.29 is 4.39 Å². The third-order valence-electron chi connectivity index (χ3n) is 3.47. The second-order valence-electron chi connectivity index (χ2n) is 4.90. The molecule has 1 aliphatic rings. The van der Waals surface area contributed by atoms with Crippen LogP contribution in [0, 0.1) is 5.82 Å². The Balaban J connectivity index is 1.93. The molecule has 0 saturated carbocycles. The van der Waals surface area contributed by atoms with E-state index in [0.717, 1.165) is 25.2 Å². The zero-order valence-corrected chi connectivity index (χ0v) is 10.5. The summed E-state index contributed by atoms with van der Waals surface area (Å²) < 4.78 is 13.1. The van der Waals surface area contributed by atoms with E-state index in [1.807, 2.05) is 6.07 Å². The first-order valence-corrected chi connectivity index (χ1v) is 6.41. The van der Waals surface area contributed by atoms with Crippen molar-refractivity contribution >= 4 is 0 Å². The molecule has 1 fully saturated rings. The summed E-state index contributed by atoms with van der Waals surface area (Å²) in [6.07, 6.45) is 3.79. The standard InChI is InChI=1S/C14H21FN2/c1-17(14-7-2-3-8-16-10-14)11-12-5-4-6-13(15)9-12/h4-6,9,14,16H,2-3,7-8,10-11H2,1H3. The molecular weight excluding hydrogens is 215 g/mol. The number of hydrogen-bond acceptors (Lipinski definition) is 2. The van der Waals surface area contributed by atoms with Gasteiger partial charge in [0.15, 0.2) is 0 Å². The normalized spacial score (nSPS) is 21.5. The van der Waals surface area contributed by atoms with E-state index in [4.69, 9.17) is 0 Å². The van der Waals surface area contributed by atoms with Gasteiger partial charge in [-0.25, -0.2) is 4.39 Å². The average Bonchev–Trinajstić information content (AvgIpc) is 2.57. The molecule has 0 spiro atoms. The number of hydrogen-bond donors (Lipinski definition) is 1. The number of halogens is 1. The van der Waals surface area contributed by atoms with E-state index in [-0.39, 0.29) is 5.82 Å². The van der Waals surface area contributed by atoms with Crippen LogP contribution in [-0.4, -0.2) is 31.1 Å². The molecule has 17 heavy (non-hydrogen) atoms. The van der Waals surface area contributed by atoms with Crippen molar-refractivity contribution in [1.29, 1.82) is 0 Å². The zero-order valence-electron chi connectivity index (χ0n) is 10.5. The summed E-state index contributed by atoms with van der Waals surface area (Å²) in [4.78, 5) is 2.33. The molecule has 1 atom stereocenters. The van der Waals surface area contributed by atoms with Crippen molar-refractivity contribution in [1.82, 2.24) is 10.2 Å². The molecule has 94 valence electrons. The maximum Gasteiger partial charge on any atom is 0.123 e. The Bertz CT molecular complexity index is 346. The molecule has 0 aliphatic carbocycles. The van der Waals surface area contributed by atoms with Gasteiger partial charge in [0.05, 0.1) is 0 Å². The van der Waals surface area contributed by atoms with Gasteiger partial charge in [-0.15, -0.1) is 0 Å². The first kappa shape index (κ1) is 12.5. The van der Waals surface area contributed by atoms with Gasteiger partial charge in [-0.05, 0) is 44.1 Å². The third-order valence-corrected chi connectivity index (χ3v) is 3.47. The van der Waals surface area contributed by atoms with Gasteiger partial charge in [0.1, 0.15) is 5.82 Å². The summed E-state index contributed by atoms with van der Waals surface area (Å²) in [6, 6.07) is 7.46. The number of nitrogens with zero attached hydrogens (tertiary/aromatic N) is 1. The fourth-order valence-electron chi connectivity index (χ4n) is 2.43. The predicted molar refractivity (Wildman–Crippen MR) is 68.4 cm³/mol. The summed E-state index contributed by atoms with van der Waals surface area (Å²) in [5.41, 5.74) is 1.05. The van der Waals surface area contributed by atoms with Gasteiger partial charge < -0.3 is 5.32 Å². The molecule has 0 amide bonds. The van der Waals surface area contributed by atoms with Crippen molar-refractivity contribution in [2.45, 2.75) is 31.8 Å². The Hall–Kier alpha value is -0.930. The molecule has 0 radical (unpaired) electrons. The van der Waals surface area contributed by atoms with Crippen molar-refractivity contribution in [3.8, 4) is 0 Å². The van der Waals surface area contributed by atoms with E-state index in [9.17, 15) is 4.39 Å². The Labute approximate surface area is 103 Å². The minimum Gasteiger partial charge on any atom is -0.315 e. The summed E-state index contributed by atoms with van der Waals surface area (Å²) >= 11 is 0. The van der Waals surface area contributed by atoms with Crippen molar-refractivity contribution in [3.63, 3.8) is 0 Å². The second kappa shape index (κ2) is 6.12. The van der Waals surface area contributed by atoms with Gasteiger partial charge in [-0.2, -0.15) is 0 Å². The van der Waals surface area contributed by atoms with Gasteiger partial charge in [0.25, 0.3) is 0 Å². The van der Waals surface area contributed by atoms with Crippen LogP contribution in [0.5, 0.6) is 0 Å². The SMILES string of the molecule is CN(Cc1cccc(F)c1)C1CCCCNC1. The molecule has 1 aromatic carbocycles. The Morgan fingerprint density at radius 2 is 2.29 bits per heavy atom. The lowest BCUT2D eigenvalue weighted by atomic mass is 10.1. The van der Waals surface area contributed by atoms with Gasteiger partial charge in [0.2, 0.25) is 0 Å². The molecule has 1 saturated heterocycles. The molecule has 1 aliphatic heterocycles. The van der Waals surface area contributed by atoms with Gasteiger partial charge in [0, 0.05) is 19.1 Å². The van der Waals surface area contributed by atoms with Gasteiger partial charge in [-0.1, -0.05) is 18.6 Å². The predicted octanol–water partition coefficient (Wildman–Crippen LogP) is 2.40. The molecule has 2 nitrogen and oxygen atoms in total. The number of benzene rings is 1. The highest BCUT2D eigenvalue weighted by Gasteiger charge is 2.16. The van der Waals surface area contributed by atoms with Crippen LogP contribution in [0.25, 0.3) is 0 Å². The molecule has 0 aromatic heterocycles. The van der Waals surface area contributed by atoms with Crippen molar-refractivity contribution in [2.24, 2.45) is 0 Å².